The van der Waals surface area contributed by atoms with E-state index in [0.29, 0.717) is 12.5 Å². The lowest BCUT2D eigenvalue weighted by atomic mass is 9.81. The van der Waals surface area contributed by atoms with Crippen molar-refractivity contribution in [2.24, 2.45) is 11.8 Å². The van der Waals surface area contributed by atoms with E-state index in [9.17, 15) is 8.42 Å². The van der Waals surface area contributed by atoms with Crippen LogP contribution < -0.4 is 4.72 Å². The van der Waals surface area contributed by atoms with Gasteiger partial charge in [-0.15, -0.1) is 0 Å². The molecule has 0 amide bonds. The maximum Gasteiger partial charge on any atom is 0.221 e. The minimum Gasteiger partial charge on any atom is -0.214 e. The molecule has 0 radical (unpaired) electrons. The van der Waals surface area contributed by atoms with Crippen LogP contribution in [0.5, 0.6) is 0 Å². The van der Waals surface area contributed by atoms with Crippen molar-refractivity contribution in [3.63, 3.8) is 0 Å². The molecule has 0 heterocycles. The molecule has 90 valence electrons. The maximum absolute atomic E-state index is 11.2. The fourth-order valence-corrected chi connectivity index (χ4v) is 3.18. The predicted octanol–water partition coefficient (Wildman–Crippen LogP) is 2.47. The quantitative estimate of drug-likeness (QED) is 0.793. The zero-order valence-electron chi connectivity index (χ0n) is 9.21. The number of halogens is 1. The summed E-state index contributed by atoms with van der Waals surface area (Å²) in [6.07, 6.45) is 6.13. The van der Waals surface area contributed by atoms with E-state index in [1.54, 1.807) is 0 Å². The van der Waals surface area contributed by atoms with E-state index >= 15 is 0 Å². The van der Waals surface area contributed by atoms with Gasteiger partial charge < -0.3 is 0 Å². The van der Waals surface area contributed by atoms with Crippen LogP contribution in [0.1, 0.15) is 39.0 Å². The van der Waals surface area contributed by atoms with E-state index in [4.69, 9.17) is 0 Å². The first-order valence-corrected chi connectivity index (χ1v) is 8.38. The Labute approximate surface area is 101 Å². The lowest BCUT2D eigenvalue weighted by molar-refractivity contribution is 0.270. The van der Waals surface area contributed by atoms with Crippen molar-refractivity contribution in [2.45, 2.75) is 39.0 Å². The molecule has 1 aliphatic carbocycles. The SMILES string of the molecule is CCC1CCC(CNS(=O)(=O)CBr)CC1. The maximum atomic E-state index is 11.2. The first kappa shape index (κ1) is 13.5. The van der Waals surface area contributed by atoms with Crippen molar-refractivity contribution >= 4 is 26.0 Å². The highest BCUT2D eigenvalue weighted by Gasteiger charge is 2.21. The van der Waals surface area contributed by atoms with Crippen LogP contribution in [0.3, 0.4) is 0 Å². The van der Waals surface area contributed by atoms with Gasteiger partial charge in [0.2, 0.25) is 10.0 Å². The molecule has 1 fully saturated rings. The number of alkyl halides is 1. The smallest absolute Gasteiger partial charge is 0.214 e. The lowest BCUT2D eigenvalue weighted by Gasteiger charge is -2.27. The molecule has 0 aromatic carbocycles. The van der Waals surface area contributed by atoms with Gasteiger partial charge in [-0.1, -0.05) is 42.1 Å². The molecule has 0 aliphatic heterocycles. The first-order valence-electron chi connectivity index (χ1n) is 5.60. The minimum absolute atomic E-state index is 0.00427. The Bertz CT molecular complexity index is 271. The Morgan fingerprint density at radius 1 is 1.20 bits per heavy atom. The molecule has 1 rings (SSSR count). The Kier molecular flexibility index (Phi) is 5.57. The molecule has 0 unspecified atom stereocenters. The second-order valence-electron chi connectivity index (χ2n) is 4.37. The van der Waals surface area contributed by atoms with Gasteiger partial charge in [0.1, 0.15) is 4.66 Å². The number of hydrogen-bond acceptors (Lipinski definition) is 2. The van der Waals surface area contributed by atoms with E-state index in [0.717, 1.165) is 5.92 Å². The fourth-order valence-electron chi connectivity index (χ4n) is 2.13. The van der Waals surface area contributed by atoms with E-state index in [1.807, 2.05) is 0 Å². The van der Waals surface area contributed by atoms with Crippen LogP contribution in [-0.4, -0.2) is 19.6 Å². The second kappa shape index (κ2) is 6.21. The molecule has 5 heteroatoms. The van der Waals surface area contributed by atoms with Crippen LogP contribution in [-0.2, 0) is 10.0 Å². The Morgan fingerprint density at radius 2 is 1.73 bits per heavy atom. The molecule has 1 saturated carbocycles. The fraction of sp³-hybridized carbons (Fsp3) is 1.00. The topological polar surface area (TPSA) is 46.2 Å². The normalized spacial score (nSPS) is 27.9. The number of rotatable bonds is 5. The molecule has 1 N–H and O–H groups in total. The van der Waals surface area contributed by atoms with Gasteiger partial charge in [-0.05, 0) is 24.7 Å². The van der Waals surface area contributed by atoms with Crippen molar-refractivity contribution < 1.29 is 8.42 Å². The molecular weight excluding hydrogens is 278 g/mol. The third-order valence-corrected chi connectivity index (χ3v) is 5.98. The zero-order chi connectivity index (χ0) is 11.3. The molecule has 0 bridgehead atoms. The van der Waals surface area contributed by atoms with Crippen LogP contribution in [0, 0.1) is 11.8 Å². The molecule has 0 atom stereocenters. The van der Waals surface area contributed by atoms with Crippen LogP contribution in [0.15, 0.2) is 0 Å². The average molecular weight is 298 g/mol. The summed E-state index contributed by atoms with van der Waals surface area (Å²) in [5, 5.41) is 0. The second-order valence-corrected chi connectivity index (χ2v) is 7.48. The van der Waals surface area contributed by atoms with Gasteiger partial charge in [-0.3, -0.25) is 0 Å². The molecule has 0 aromatic heterocycles. The summed E-state index contributed by atoms with van der Waals surface area (Å²) in [6.45, 7) is 2.85. The molecule has 0 spiro atoms. The van der Waals surface area contributed by atoms with Crippen molar-refractivity contribution in [2.75, 3.05) is 11.2 Å². The molecule has 0 aromatic rings. The van der Waals surface area contributed by atoms with E-state index in [-0.39, 0.29) is 4.66 Å². The summed E-state index contributed by atoms with van der Waals surface area (Å²) in [4.78, 5) is 0. The third kappa shape index (κ3) is 4.83. The summed E-state index contributed by atoms with van der Waals surface area (Å²) in [5.41, 5.74) is 0. The standard InChI is InChI=1S/C10H20BrNO2S/c1-2-9-3-5-10(6-4-9)7-12-15(13,14)8-11/h9-10,12H,2-8H2,1H3. The average Bonchev–Trinajstić information content (AvgIpc) is 2.27. The van der Waals surface area contributed by atoms with Crippen molar-refractivity contribution in [3.05, 3.63) is 0 Å². The number of hydrogen-bond donors (Lipinski definition) is 1. The molecule has 15 heavy (non-hydrogen) atoms. The summed E-state index contributed by atoms with van der Waals surface area (Å²) in [5.74, 6) is 1.41. The van der Waals surface area contributed by atoms with Gasteiger partial charge >= 0.3 is 0 Å². The first-order chi connectivity index (χ1) is 7.07. The summed E-state index contributed by atoms with van der Waals surface area (Å²) in [7, 11) is -3.07. The van der Waals surface area contributed by atoms with Gasteiger partial charge in [0.25, 0.3) is 0 Å². The monoisotopic (exact) mass is 297 g/mol. The van der Waals surface area contributed by atoms with Gasteiger partial charge in [0.05, 0.1) is 0 Å². The van der Waals surface area contributed by atoms with Gasteiger partial charge in [0, 0.05) is 6.54 Å². The molecule has 3 nitrogen and oxygen atoms in total. The molecular formula is C10H20BrNO2S. The van der Waals surface area contributed by atoms with E-state index < -0.39 is 10.0 Å². The highest BCUT2D eigenvalue weighted by molar-refractivity contribution is 9.10. The molecule has 0 saturated heterocycles. The van der Waals surface area contributed by atoms with Gasteiger partial charge in [-0.2, -0.15) is 0 Å². The Balaban J connectivity index is 2.25. The minimum atomic E-state index is -3.07. The predicted molar refractivity (Wildman–Crippen MR) is 66.5 cm³/mol. The summed E-state index contributed by atoms with van der Waals surface area (Å²) >= 11 is 2.97. The van der Waals surface area contributed by atoms with E-state index in [1.165, 1.54) is 32.1 Å². The zero-order valence-corrected chi connectivity index (χ0v) is 11.6. The van der Waals surface area contributed by atoms with Gasteiger partial charge in [0.15, 0.2) is 0 Å². The van der Waals surface area contributed by atoms with E-state index in [2.05, 4.69) is 27.6 Å². The van der Waals surface area contributed by atoms with Crippen molar-refractivity contribution in [1.29, 1.82) is 0 Å². The van der Waals surface area contributed by atoms with Gasteiger partial charge in [-0.25, -0.2) is 13.1 Å². The largest absolute Gasteiger partial charge is 0.221 e. The Morgan fingerprint density at radius 3 is 2.20 bits per heavy atom. The third-order valence-electron chi connectivity index (χ3n) is 3.28. The van der Waals surface area contributed by atoms with Crippen LogP contribution in [0.2, 0.25) is 0 Å². The van der Waals surface area contributed by atoms with Crippen LogP contribution in [0.25, 0.3) is 0 Å². The number of nitrogens with one attached hydrogen (secondary N) is 1. The highest BCUT2D eigenvalue weighted by Crippen LogP contribution is 2.30. The summed E-state index contributed by atoms with van der Waals surface area (Å²) < 4.78 is 25.0. The molecule has 1 aliphatic rings. The van der Waals surface area contributed by atoms with Crippen LogP contribution in [0.4, 0.5) is 0 Å². The Hall–Kier alpha value is 0.390. The summed E-state index contributed by atoms with van der Waals surface area (Å²) in [6, 6.07) is 0. The van der Waals surface area contributed by atoms with Crippen LogP contribution >= 0.6 is 15.9 Å². The van der Waals surface area contributed by atoms with Crippen molar-refractivity contribution in [3.8, 4) is 0 Å². The lowest BCUT2D eigenvalue weighted by Crippen LogP contribution is -2.31. The number of sulfonamides is 1. The van der Waals surface area contributed by atoms with Crippen molar-refractivity contribution in [1.82, 2.24) is 4.72 Å². The highest BCUT2D eigenvalue weighted by atomic mass is 79.9.